The summed E-state index contributed by atoms with van der Waals surface area (Å²) in [6.07, 6.45) is -0.501. The van der Waals surface area contributed by atoms with Crippen LogP contribution < -0.4 is 4.74 Å². The fraction of sp³-hybridized carbons (Fsp3) is 0.533. The molecular weight excluding hydrogens is 244 g/mol. The molecule has 1 aromatic rings. The van der Waals surface area contributed by atoms with Gasteiger partial charge in [-0.15, -0.1) is 0 Å². The zero-order valence-corrected chi connectivity index (χ0v) is 12.2. The summed E-state index contributed by atoms with van der Waals surface area (Å²) in [5.74, 6) is 0.409. The molecule has 0 bridgehead atoms. The Morgan fingerprint density at radius 3 is 2.53 bits per heavy atom. The SMILES string of the molecule is COC(=O)C(C)(C)COc1ccc([C@@H](C)O)cc1C. The summed E-state index contributed by atoms with van der Waals surface area (Å²) in [5, 5.41) is 9.50. The number of methoxy groups -OCH3 is 1. The van der Waals surface area contributed by atoms with E-state index in [1.54, 1.807) is 20.8 Å². The third-order valence-corrected chi connectivity index (χ3v) is 3.01. The zero-order valence-electron chi connectivity index (χ0n) is 12.2. The molecule has 1 rings (SSSR count). The Kier molecular flexibility index (Phi) is 4.95. The van der Waals surface area contributed by atoms with E-state index in [1.165, 1.54) is 7.11 Å². The Bertz CT molecular complexity index is 449. The average molecular weight is 266 g/mol. The maximum Gasteiger partial charge on any atom is 0.314 e. The fourth-order valence-electron chi connectivity index (χ4n) is 1.69. The number of aliphatic hydroxyl groups excluding tert-OH is 1. The molecule has 0 saturated carbocycles. The molecule has 0 fully saturated rings. The molecule has 0 aliphatic rings. The van der Waals surface area contributed by atoms with Gasteiger partial charge in [0.1, 0.15) is 12.4 Å². The minimum Gasteiger partial charge on any atom is -0.492 e. The monoisotopic (exact) mass is 266 g/mol. The van der Waals surface area contributed by atoms with Gasteiger partial charge in [-0.1, -0.05) is 6.07 Å². The van der Waals surface area contributed by atoms with E-state index < -0.39 is 11.5 Å². The van der Waals surface area contributed by atoms with Crippen LogP contribution in [0.2, 0.25) is 0 Å². The van der Waals surface area contributed by atoms with Gasteiger partial charge in [0.2, 0.25) is 0 Å². The van der Waals surface area contributed by atoms with Crippen molar-refractivity contribution in [3.8, 4) is 5.75 Å². The van der Waals surface area contributed by atoms with Gasteiger partial charge in [0, 0.05) is 0 Å². The molecule has 0 amide bonds. The molecule has 1 N–H and O–H groups in total. The Morgan fingerprint density at radius 1 is 1.42 bits per heavy atom. The number of hydrogen-bond acceptors (Lipinski definition) is 4. The van der Waals surface area contributed by atoms with Crippen LogP contribution in [0.3, 0.4) is 0 Å². The Morgan fingerprint density at radius 2 is 2.05 bits per heavy atom. The molecule has 0 saturated heterocycles. The summed E-state index contributed by atoms with van der Waals surface area (Å²) in [4.78, 5) is 11.5. The lowest BCUT2D eigenvalue weighted by Gasteiger charge is -2.22. The van der Waals surface area contributed by atoms with E-state index in [0.717, 1.165) is 11.1 Å². The Labute approximate surface area is 114 Å². The van der Waals surface area contributed by atoms with E-state index in [4.69, 9.17) is 9.47 Å². The predicted molar refractivity (Wildman–Crippen MR) is 73.1 cm³/mol. The van der Waals surface area contributed by atoms with Crippen molar-refractivity contribution in [2.24, 2.45) is 5.41 Å². The first-order chi connectivity index (χ1) is 8.77. The number of hydrogen-bond donors (Lipinski definition) is 1. The Hall–Kier alpha value is -1.55. The van der Waals surface area contributed by atoms with Gasteiger partial charge in [0.25, 0.3) is 0 Å². The van der Waals surface area contributed by atoms with Crippen molar-refractivity contribution in [1.82, 2.24) is 0 Å². The molecule has 0 radical (unpaired) electrons. The molecule has 4 nitrogen and oxygen atoms in total. The van der Waals surface area contributed by atoms with Crippen molar-refractivity contribution in [3.63, 3.8) is 0 Å². The molecule has 0 spiro atoms. The van der Waals surface area contributed by atoms with E-state index in [-0.39, 0.29) is 12.6 Å². The van der Waals surface area contributed by atoms with Crippen molar-refractivity contribution in [2.75, 3.05) is 13.7 Å². The molecule has 4 heteroatoms. The number of ether oxygens (including phenoxy) is 2. The molecule has 0 unspecified atom stereocenters. The molecule has 0 aliphatic carbocycles. The molecule has 1 atom stereocenters. The van der Waals surface area contributed by atoms with Gasteiger partial charge in [0.15, 0.2) is 0 Å². The van der Waals surface area contributed by atoms with Crippen LogP contribution in [-0.2, 0) is 9.53 Å². The van der Waals surface area contributed by atoms with Crippen molar-refractivity contribution in [3.05, 3.63) is 29.3 Å². The second kappa shape index (κ2) is 6.06. The van der Waals surface area contributed by atoms with Crippen molar-refractivity contribution >= 4 is 5.97 Å². The quantitative estimate of drug-likeness (QED) is 0.832. The Balaban J connectivity index is 2.76. The highest BCUT2D eigenvalue weighted by Gasteiger charge is 2.29. The third-order valence-electron chi connectivity index (χ3n) is 3.01. The minimum absolute atomic E-state index is 0.245. The second-order valence-corrected chi connectivity index (χ2v) is 5.37. The number of carbonyl (C=O) groups excluding carboxylic acids is 1. The average Bonchev–Trinajstić information content (AvgIpc) is 2.36. The van der Waals surface area contributed by atoms with Gasteiger partial charge in [-0.05, 0) is 51.0 Å². The number of aliphatic hydroxyl groups is 1. The fourth-order valence-corrected chi connectivity index (χ4v) is 1.69. The van der Waals surface area contributed by atoms with Crippen molar-refractivity contribution in [1.29, 1.82) is 0 Å². The zero-order chi connectivity index (χ0) is 14.6. The lowest BCUT2D eigenvalue weighted by Crippen LogP contribution is -2.32. The van der Waals surface area contributed by atoms with Crippen LogP contribution in [0.1, 0.15) is 38.0 Å². The maximum absolute atomic E-state index is 11.5. The first-order valence-corrected chi connectivity index (χ1v) is 6.28. The molecule has 19 heavy (non-hydrogen) atoms. The molecular formula is C15H22O4. The normalized spacial score (nSPS) is 12.9. The van der Waals surface area contributed by atoms with Crippen LogP contribution in [-0.4, -0.2) is 24.8 Å². The summed E-state index contributed by atoms with van der Waals surface area (Å²) in [6.45, 7) is 7.42. The molecule has 0 aromatic heterocycles. The summed E-state index contributed by atoms with van der Waals surface area (Å²) >= 11 is 0. The molecule has 106 valence electrons. The standard InChI is InChI=1S/C15H22O4/c1-10-8-12(11(2)16)6-7-13(10)19-9-15(3,4)14(17)18-5/h6-8,11,16H,9H2,1-5H3/t11-/m1/s1. The topological polar surface area (TPSA) is 55.8 Å². The highest BCUT2D eigenvalue weighted by molar-refractivity contribution is 5.75. The van der Waals surface area contributed by atoms with Gasteiger partial charge >= 0.3 is 5.97 Å². The number of rotatable bonds is 5. The largest absolute Gasteiger partial charge is 0.492 e. The number of carbonyl (C=O) groups is 1. The predicted octanol–water partition coefficient (Wildman–Crippen LogP) is 2.63. The smallest absolute Gasteiger partial charge is 0.314 e. The molecule has 1 aromatic carbocycles. The van der Waals surface area contributed by atoms with Crippen molar-refractivity contribution < 1.29 is 19.4 Å². The van der Waals surface area contributed by atoms with E-state index in [1.807, 2.05) is 25.1 Å². The maximum atomic E-state index is 11.5. The summed E-state index contributed by atoms with van der Waals surface area (Å²) in [5.41, 5.74) is 1.08. The van der Waals surface area contributed by atoms with Crippen molar-refractivity contribution in [2.45, 2.75) is 33.8 Å². The van der Waals surface area contributed by atoms with Gasteiger partial charge in [-0.3, -0.25) is 4.79 Å². The first kappa shape index (κ1) is 15.5. The summed E-state index contributed by atoms with van der Waals surface area (Å²) in [6, 6.07) is 5.51. The summed E-state index contributed by atoms with van der Waals surface area (Å²) < 4.78 is 10.4. The van der Waals surface area contributed by atoms with Crippen LogP contribution in [0.15, 0.2) is 18.2 Å². The highest BCUT2D eigenvalue weighted by Crippen LogP contribution is 2.25. The van der Waals surface area contributed by atoms with Crippen LogP contribution in [0.4, 0.5) is 0 Å². The minimum atomic E-state index is -0.690. The first-order valence-electron chi connectivity index (χ1n) is 6.28. The number of benzene rings is 1. The van der Waals surface area contributed by atoms with E-state index >= 15 is 0 Å². The van der Waals surface area contributed by atoms with Gasteiger partial charge in [0.05, 0.1) is 18.6 Å². The van der Waals surface area contributed by atoms with Gasteiger partial charge in [-0.25, -0.2) is 0 Å². The van der Waals surface area contributed by atoms with Gasteiger partial charge < -0.3 is 14.6 Å². The second-order valence-electron chi connectivity index (χ2n) is 5.37. The highest BCUT2D eigenvalue weighted by atomic mass is 16.5. The number of aryl methyl sites for hydroxylation is 1. The lowest BCUT2D eigenvalue weighted by molar-refractivity contribution is -0.152. The van der Waals surface area contributed by atoms with E-state index in [9.17, 15) is 9.90 Å². The number of esters is 1. The van der Waals surface area contributed by atoms with Crippen LogP contribution in [0, 0.1) is 12.3 Å². The molecule has 0 aliphatic heterocycles. The van der Waals surface area contributed by atoms with E-state index in [0.29, 0.717) is 5.75 Å². The van der Waals surface area contributed by atoms with Gasteiger partial charge in [-0.2, -0.15) is 0 Å². The van der Waals surface area contributed by atoms with E-state index in [2.05, 4.69) is 0 Å². The van der Waals surface area contributed by atoms with Crippen LogP contribution >= 0.6 is 0 Å². The van der Waals surface area contributed by atoms with Crippen LogP contribution in [0.5, 0.6) is 5.75 Å². The molecule has 0 heterocycles. The lowest BCUT2D eigenvalue weighted by atomic mass is 9.95. The van der Waals surface area contributed by atoms with Crippen LogP contribution in [0.25, 0.3) is 0 Å². The summed E-state index contributed by atoms with van der Waals surface area (Å²) in [7, 11) is 1.37. The third kappa shape index (κ3) is 3.96.